The quantitative estimate of drug-likeness (QED) is 0.803. The molecular formula is C18H25NO4. The van der Waals surface area contributed by atoms with E-state index in [0.29, 0.717) is 25.9 Å². The smallest absolute Gasteiger partial charge is 0.410 e. The number of benzene rings is 1. The number of carbonyl (C=O) groups is 2. The Morgan fingerprint density at radius 1 is 1.13 bits per heavy atom. The van der Waals surface area contributed by atoms with Gasteiger partial charge in [-0.3, -0.25) is 4.79 Å². The minimum Gasteiger partial charge on any atom is -0.462 e. The first-order valence-corrected chi connectivity index (χ1v) is 8.05. The summed E-state index contributed by atoms with van der Waals surface area (Å²) < 4.78 is 10.9. The second-order valence-corrected chi connectivity index (χ2v) is 6.82. The summed E-state index contributed by atoms with van der Waals surface area (Å²) in [6.07, 6.45) is 1.17. The molecule has 23 heavy (non-hydrogen) atoms. The van der Waals surface area contributed by atoms with Crippen LogP contribution in [0.25, 0.3) is 0 Å². The third kappa shape index (κ3) is 5.93. The van der Waals surface area contributed by atoms with Gasteiger partial charge in [-0.1, -0.05) is 30.3 Å². The predicted molar refractivity (Wildman–Crippen MR) is 87.1 cm³/mol. The molecule has 5 heteroatoms. The maximum absolute atomic E-state index is 12.0. The summed E-state index contributed by atoms with van der Waals surface area (Å²) in [5, 5.41) is 0. The third-order valence-corrected chi connectivity index (χ3v) is 3.58. The average molecular weight is 319 g/mol. The summed E-state index contributed by atoms with van der Waals surface area (Å²) in [4.78, 5) is 25.6. The van der Waals surface area contributed by atoms with Crippen LogP contribution in [0.3, 0.4) is 0 Å². The van der Waals surface area contributed by atoms with Crippen molar-refractivity contribution in [1.82, 2.24) is 4.90 Å². The molecule has 1 fully saturated rings. The molecule has 0 spiro atoms. The number of rotatable bonds is 3. The topological polar surface area (TPSA) is 55.8 Å². The molecule has 2 rings (SSSR count). The van der Waals surface area contributed by atoms with E-state index in [4.69, 9.17) is 9.47 Å². The minimum absolute atomic E-state index is 0.120. The number of ether oxygens (including phenoxy) is 2. The molecule has 1 aliphatic rings. The molecule has 126 valence electrons. The fourth-order valence-corrected chi connectivity index (χ4v) is 2.47. The van der Waals surface area contributed by atoms with Crippen LogP contribution in [0.1, 0.15) is 39.2 Å². The molecule has 1 aromatic carbocycles. The maximum atomic E-state index is 12.0. The Labute approximate surface area is 137 Å². The van der Waals surface area contributed by atoms with Gasteiger partial charge in [-0.25, -0.2) is 4.79 Å². The highest BCUT2D eigenvalue weighted by molar-refractivity contribution is 5.72. The Morgan fingerprint density at radius 3 is 2.30 bits per heavy atom. The van der Waals surface area contributed by atoms with Crippen molar-refractivity contribution in [1.29, 1.82) is 0 Å². The van der Waals surface area contributed by atoms with Crippen LogP contribution >= 0.6 is 0 Å². The van der Waals surface area contributed by atoms with Crippen LogP contribution < -0.4 is 0 Å². The number of carbonyl (C=O) groups excluding carboxylic acids is 2. The first-order chi connectivity index (χ1) is 10.8. The Balaban J connectivity index is 1.74. The number of likely N-dealkylation sites (tertiary alicyclic amines) is 1. The average Bonchev–Trinajstić information content (AvgIpc) is 2.47. The van der Waals surface area contributed by atoms with Gasteiger partial charge >= 0.3 is 12.1 Å². The lowest BCUT2D eigenvalue weighted by Crippen LogP contribution is -2.43. The molecule has 0 bridgehead atoms. The maximum Gasteiger partial charge on any atom is 0.410 e. The third-order valence-electron chi connectivity index (χ3n) is 3.58. The Bertz CT molecular complexity index is 528. The molecule has 1 aromatic rings. The van der Waals surface area contributed by atoms with Crippen molar-refractivity contribution in [3.8, 4) is 0 Å². The molecule has 5 nitrogen and oxygen atoms in total. The van der Waals surface area contributed by atoms with Crippen LogP contribution in [-0.2, 0) is 20.7 Å². The number of hydrogen-bond acceptors (Lipinski definition) is 4. The lowest BCUT2D eigenvalue weighted by molar-refractivity contribution is -0.150. The lowest BCUT2D eigenvalue weighted by Gasteiger charge is -2.33. The number of hydrogen-bond donors (Lipinski definition) is 0. The van der Waals surface area contributed by atoms with Crippen LogP contribution in [-0.4, -0.2) is 41.8 Å². The molecule has 0 saturated carbocycles. The summed E-state index contributed by atoms with van der Waals surface area (Å²) in [6, 6.07) is 9.55. The van der Waals surface area contributed by atoms with Crippen molar-refractivity contribution in [3.63, 3.8) is 0 Å². The summed E-state index contributed by atoms with van der Waals surface area (Å²) in [7, 11) is 0. The van der Waals surface area contributed by atoms with Gasteiger partial charge in [0, 0.05) is 25.9 Å². The number of esters is 1. The number of piperidine rings is 1. The van der Waals surface area contributed by atoms with Crippen molar-refractivity contribution in [2.45, 2.75) is 51.7 Å². The fourth-order valence-electron chi connectivity index (χ4n) is 2.47. The van der Waals surface area contributed by atoms with Gasteiger partial charge in [0.15, 0.2) is 0 Å². The highest BCUT2D eigenvalue weighted by Gasteiger charge is 2.28. The van der Waals surface area contributed by atoms with E-state index < -0.39 is 5.60 Å². The van der Waals surface area contributed by atoms with E-state index in [1.54, 1.807) is 4.90 Å². The van der Waals surface area contributed by atoms with Gasteiger partial charge < -0.3 is 14.4 Å². The van der Waals surface area contributed by atoms with E-state index in [1.165, 1.54) is 0 Å². The fraction of sp³-hybridized carbons (Fsp3) is 0.556. The normalized spacial score (nSPS) is 16.0. The highest BCUT2D eigenvalue weighted by Crippen LogP contribution is 2.18. The van der Waals surface area contributed by atoms with E-state index in [9.17, 15) is 9.59 Å². The van der Waals surface area contributed by atoms with E-state index in [0.717, 1.165) is 5.56 Å². The molecule has 0 aliphatic carbocycles. The SMILES string of the molecule is CC(C)(C)OC(=O)N1CCC(OC(=O)Cc2ccccc2)CC1. The van der Waals surface area contributed by atoms with Crippen molar-refractivity contribution in [2.24, 2.45) is 0 Å². The molecule has 1 saturated heterocycles. The van der Waals surface area contributed by atoms with E-state index in [2.05, 4.69) is 0 Å². The van der Waals surface area contributed by atoms with Crippen LogP contribution in [0.2, 0.25) is 0 Å². The van der Waals surface area contributed by atoms with Crippen LogP contribution in [0, 0.1) is 0 Å². The monoisotopic (exact) mass is 319 g/mol. The van der Waals surface area contributed by atoms with Crippen molar-refractivity contribution < 1.29 is 19.1 Å². The largest absolute Gasteiger partial charge is 0.462 e. The van der Waals surface area contributed by atoms with Crippen molar-refractivity contribution in [2.75, 3.05) is 13.1 Å². The van der Waals surface area contributed by atoms with E-state index >= 15 is 0 Å². The van der Waals surface area contributed by atoms with Gasteiger partial charge in [-0.2, -0.15) is 0 Å². The van der Waals surface area contributed by atoms with Crippen LogP contribution in [0.5, 0.6) is 0 Å². The van der Waals surface area contributed by atoms with Crippen molar-refractivity contribution in [3.05, 3.63) is 35.9 Å². The summed E-state index contributed by atoms with van der Waals surface area (Å²) in [5.41, 5.74) is 0.458. The molecule has 0 unspecified atom stereocenters. The summed E-state index contributed by atoms with van der Waals surface area (Å²) >= 11 is 0. The first-order valence-electron chi connectivity index (χ1n) is 8.05. The Hall–Kier alpha value is -2.04. The van der Waals surface area contributed by atoms with Crippen LogP contribution in [0.15, 0.2) is 30.3 Å². The molecule has 1 heterocycles. The van der Waals surface area contributed by atoms with Gasteiger partial charge in [0.2, 0.25) is 0 Å². The van der Waals surface area contributed by atoms with E-state index in [-0.39, 0.29) is 24.6 Å². The number of nitrogens with zero attached hydrogens (tertiary/aromatic N) is 1. The van der Waals surface area contributed by atoms with E-state index in [1.807, 2.05) is 51.1 Å². The standard InChI is InChI=1S/C18H25NO4/c1-18(2,3)23-17(21)19-11-9-15(10-12-19)22-16(20)13-14-7-5-4-6-8-14/h4-8,15H,9-13H2,1-3H3. The predicted octanol–water partition coefficient (Wildman–Crippen LogP) is 3.17. The molecular weight excluding hydrogens is 294 g/mol. The van der Waals surface area contributed by atoms with Gasteiger partial charge in [0.1, 0.15) is 11.7 Å². The Morgan fingerprint density at radius 2 is 1.74 bits per heavy atom. The first kappa shape index (κ1) is 17.3. The molecule has 0 N–H and O–H groups in total. The molecule has 1 aliphatic heterocycles. The second-order valence-electron chi connectivity index (χ2n) is 6.82. The van der Waals surface area contributed by atoms with Crippen LogP contribution in [0.4, 0.5) is 4.79 Å². The summed E-state index contributed by atoms with van der Waals surface area (Å²) in [6.45, 7) is 6.66. The Kier molecular flexibility index (Phi) is 5.64. The minimum atomic E-state index is -0.490. The molecule has 0 atom stereocenters. The molecule has 1 amide bonds. The molecule has 0 aromatic heterocycles. The van der Waals surface area contributed by atoms with Crippen molar-refractivity contribution >= 4 is 12.1 Å². The highest BCUT2D eigenvalue weighted by atomic mass is 16.6. The zero-order valence-corrected chi connectivity index (χ0v) is 14.1. The second kappa shape index (κ2) is 7.49. The zero-order chi connectivity index (χ0) is 16.9. The molecule has 0 radical (unpaired) electrons. The van der Waals surface area contributed by atoms with Gasteiger partial charge in [-0.05, 0) is 26.3 Å². The van der Waals surface area contributed by atoms with Gasteiger partial charge in [0.05, 0.1) is 6.42 Å². The number of amides is 1. The summed E-state index contributed by atoms with van der Waals surface area (Å²) in [5.74, 6) is -0.216. The lowest BCUT2D eigenvalue weighted by atomic mass is 10.1. The van der Waals surface area contributed by atoms with Gasteiger partial charge in [-0.15, -0.1) is 0 Å². The zero-order valence-electron chi connectivity index (χ0n) is 14.1. The van der Waals surface area contributed by atoms with Gasteiger partial charge in [0.25, 0.3) is 0 Å².